The number of nitrogens with one attached hydrogen (secondary N) is 1. The van der Waals surface area contributed by atoms with Crippen LogP contribution in [0.4, 0.5) is 5.69 Å². The quantitative estimate of drug-likeness (QED) is 0.303. The van der Waals surface area contributed by atoms with E-state index in [0.717, 1.165) is 0 Å². The van der Waals surface area contributed by atoms with Gasteiger partial charge in [0.05, 0.1) is 18.6 Å². The highest BCUT2D eigenvalue weighted by atomic mass is 16.5. The normalized spacial score (nSPS) is 12.6. The number of hydrogen-bond acceptors (Lipinski definition) is 6. The van der Waals surface area contributed by atoms with Gasteiger partial charge >= 0.3 is 5.97 Å². The second-order valence-electron chi connectivity index (χ2n) is 6.36. The highest BCUT2D eigenvalue weighted by Crippen LogP contribution is 2.18. The summed E-state index contributed by atoms with van der Waals surface area (Å²) in [4.78, 5) is 36.0. The molecule has 0 aliphatic carbocycles. The molecule has 0 radical (unpaired) electrons. The van der Waals surface area contributed by atoms with Crippen LogP contribution in [0.2, 0.25) is 0 Å². The van der Waals surface area contributed by atoms with Crippen molar-refractivity contribution in [2.75, 3.05) is 12.3 Å². The highest BCUT2D eigenvalue weighted by molar-refractivity contribution is 5.99. The van der Waals surface area contributed by atoms with Crippen molar-refractivity contribution in [2.24, 2.45) is 5.73 Å². The molecule has 0 saturated heterocycles. The number of carbonyl (C=O) groups is 3. The van der Waals surface area contributed by atoms with Crippen molar-refractivity contribution in [3.63, 3.8) is 0 Å². The van der Waals surface area contributed by atoms with Crippen LogP contribution in [-0.2, 0) is 16.0 Å². The summed E-state index contributed by atoms with van der Waals surface area (Å²) in [5, 5.41) is 13.3. The first kappa shape index (κ1) is 20.9. The Morgan fingerprint density at radius 2 is 1.75 bits per heavy atom. The molecule has 1 unspecified atom stereocenters. The van der Waals surface area contributed by atoms with Gasteiger partial charge in [-0.1, -0.05) is 30.3 Å². The predicted octanol–water partition coefficient (Wildman–Crippen LogP) is 0.982. The summed E-state index contributed by atoms with van der Waals surface area (Å²) in [7, 11) is 0. The molecule has 8 heteroatoms. The Kier molecular flexibility index (Phi) is 6.73. The zero-order valence-electron chi connectivity index (χ0n) is 15.5. The number of aliphatic hydroxyl groups is 1. The lowest BCUT2D eigenvalue weighted by atomic mass is 9.98. The number of hydrogen-bond donors (Lipinski definition) is 4. The molecular formula is C20H23N3O5. The SMILES string of the molecule is CCOC(=O)c1cc(N)cc(C(=O)NC(O)(CC(N)=O)Cc2ccccc2)c1. The van der Waals surface area contributed by atoms with Crippen molar-refractivity contribution in [3.05, 3.63) is 65.2 Å². The van der Waals surface area contributed by atoms with E-state index < -0.39 is 29.9 Å². The lowest BCUT2D eigenvalue weighted by Gasteiger charge is -2.28. The van der Waals surface area contributed by atoms with Crippen LogP contribution < -0.4 is 16.8 Å². The van der Waals surface area contributed by atoms with Crippen LogP contribution in [0.25, 0.3) is 0 Å². The van der Waals surface area contributed by atoms with Gasteiger partial charge in [0.15, 0.2) is 5.72 Å². The molecule has 148 valence electrons. The molecule has 2 rings (SSSR count). The van der Waals surface area contributed by atoms with Gasteiger partial charge in [0.2, 0.25) is 5.91 Å². The Labute approximate surface area is 162 Å². The number of amides is 2. The standard InChI is InChI=1S/C20H23N3O5/c1-2-28-19(26)15-8-14(9-16(21)10-15)18(25)23-20(27,12-17(22)24)11-13-6-4-3-5-7-13/h3-10,27H,2,11-12,21H2,1H3,(H2,22,24)(H,23,25). The topological polar surface area (TPSA) is 145 Å². The fraction of sp³-hybridized carbons (Fsp3) is 0.250. The van der Waals surface area contributed by atoms with Gasteiger partial charge in [-0.15, -0.1) is 0 Å². The van der Waals surface area contributed by atoms with E-state index in [0.29, 0.717) is 5.56 Å². The third-order valence-corrected chi connectivity index (χ3v) is 3.88. The Bertz CT molecular complexity index is 869. The maximum Gasteiger partial charge on any atom is 0.338 e. The van der Waals surface area contributed by atoms with Crippen LogP contribution in [0.1, 0.15) is 39.6 Å². The lowest BCUT2D eigenvalue weighted by Crippen LogP contribution is -2.52. The van der Waals surface area contributed by atoms with Crippen molar-refractivity contribution in [1.29, 1.82) is 0 Å². The van der Waals surface area contributed by atoms with Crippen molar-refractivity contribution in [3.8, 4) is 0 Å². The van der Waals surface area contributed by atoms with Crippen molar-refractivity contribution >= 4 is 23.5 Å². The summed E-state index contributed by atoms with van der Waals surface area (Å²) in [5.74, 6) is -2.11. The molecule has 2 aromatic carbocycles. The molecule has 0 aromatic heterocycles. The Balaban J connectivity index is 2.28. The predicted molar refractivity (Wildman–Crippen MR) is 103 cm³/mol. The number of nitrogen functional groups attached to an aromatic ring is 1. The maximum atomic E-state index is 12.7. The Morgan fingerprint density at radius 3 is 2.36 bits per heavy atom. The van der Waals surface area contributed by atoms with Crippen LogP contribution in [0.3, 0.4) is 0 Å². The van der Waals surface area contributed by atoms with Crippen LogP contribution in [0.15, 0.2) is 48.5 Å². The fourth-order valence-electron chi connectivity index (χ4n) is 2.77. The van der Waals surface area contributed by atoms with E-state index in [9.17, 15) is 19.5 Å². The molecule has 0 aliphatic rings. The number of anilines is 1. The third-order valence-electron chi connectivity index (χ3n) is 3.88. The fourth-order valence-corrected chi connectivity index (χ4v) is 2.77. The molecule has 0 bridgehead atoms. The molecule has 0 fully saturated rings. The number of nitrogens with two attached hydrogens (primary N) is 2. The number of esters is 1. The van der Waals surface area contributed by atoms with Gasteiger partial charge in [-0.25, -0.2) is 4.79 Å². The second-order valence-corrected chi connectivity index (χ2v) is 6.36. The van der Waals surface area contributed by atoms with E-state index in [1.807, 2.05) is 0 Å². The van der Waals surface area contributed by atoms with E-state index in [4.69, 9.17) is 16.2 Å². The molecule has 28 heavy (non-hydrogen) atoms. The minimum Gasteiger partial charge on any atom is -0.462 e. The largest absolute Gasteiger partial charge is 0.462 e. The number of ether oxygens (including phenoxy) is 1. The van der Waals surface area contributed by atoms with Crippen molar-refractivity contribution in [2.45, 2.75) is 25.5 Å². The molecule has 2 aromatic rings. The summed E-state index contributed by atoms with van der Waals surface area (Å²) < 4.78 is 4.91. The molecular weight excluding hydrogens is 362 g/mol. The number of carbonyl (C=O) groups excluding carboxylic acids is 3. The molecule has 0 saturated carbocycles. The summed E-state index contributed by atoms with van der Waals surface area (Å²) in [6.45, 7) is 1.83. The highest BCUT2D eigenvalue weighted by Gasteiger charge is 2.32. The van der Waals surface area contributed by atoms with Crippen LogP contribution in [0, 0.1) is 0 Å². The first-order chi connectivity index (χ1) is 13.2. The van der Waals surface area contributed by atoms with Gasteiger partial charge in [-0.05, 0) is 30.7 Å². The van der Waals surface area contributed by atoms with Gasteiger partial charge in [-0.3, -0.25) is 9.59 Å². The third kappa shape index (κ3) is 5.82. The first-order valence-corrected chi connectivity index (χ1v) is 8.67. The lowest BCUT2D eigenvalue weighted by molar-refractivity contribution is -0.123. The number of rotatable bonds is 8. The maximum absolute atomic E-state index is 12.7. The zero-order chi connectivity index (χ0) is 20.7. The van der Waals surface area contributed by atoms with Crippen molar-refractivity contribution in [1.82, 2.24) is 5.32 Å². The van der Waals surface area contributed by atoms with Crippen LogP contribution >= 0.6 is 0 Å². The Morgan fingerprint density at radius 1 is 1.11 bits per heavy atom. The van der Waals surface area contributed by atoms with E-state index in [-0.39, 0.29) is 29.8 Å². The van der Waals surface area contributed by atoms with Gasteiger partial charge in [0.1, 0.15) is 0 Å². The average molecular weight is 385 g/mol. The number of primary amides is 1. The summed E-state index contributed by atoms with van der Waals surface area (Å²) in [6, 6.07) is 12.9. The van der Waals surface area contributed by atoms with Crippen LogP contribution in [0.5, 0.6) is 0 Å². The molecule has 2 amide bonds. The zero-order valence-corrected chi connectivity index (χ0v) is 15.5. The smallest absolute Gasteiger partial charge is 0.338 e. The van der Waals surface area contributed by atoms with E-state index in [2.05, 4.69) is 5.32 Å². The van der Waals surface area contributed by atoms with E-state index in [1.54, 1.807) is 37.3 Å². The van der Waals surface area contributed by atoms with Gasteiger partial charge in [-0.2, -0.15) is 0 Å². The summed E-state index contributed by atoms with van der Waals surface area (Å²) >= 11 is 0. The molecule has 0 heterocycles. The minimum atomic E-state index is -1.90. The first-order valence-electron chi connectivity index (χ1n) is 8.67. The van der Waals surface area contributed by atoms with Crippen LogP contribution in [-0.4, -0.2) is 35.2 Å². The molecule has 6 N–H and O–H groups in total. The average Bonchev–Trinajstić information content (AvgIpc) is 2.61. The molecule has 8 nitrogen and oxygen atoms in total. The van der Waals surface area contributed by atoms with Crippen molar-refractivity contribution < 1.29 is 24.2 Å². The monoisotopic (exact) mass is 385 g/mol. The molecule has 0 spiro atoms. The van der Waals surface area contributed by atoms with E-state index >= 15 is 0 Å². The summed E-state index contributed by atoms with van der Waals surface area (Å²) in [5.41, 5.74) is 10.1. The molecule has 0 aliphatic heterocycles. The van der Waals surface area contributed by atoms with Gasteiger partial charge < -0.3 is 26.6 Å². The van der Waals surface area contributed by atoms with Gasteiger partial charge in [0, 0.05) is 17.7 Å². The van der Waals surface area contributed by atoms with E-state index in [1.165, 1.54) is 18.2 Å². The van der Waals surface area contributed by atoms with Gasteiger partial charge in [0.25, 0.3) is 5.91 Å². The number of benzene rings is 2. The molecule has 1 atom stereocenters. The minimum absolute atomic E-state index is 0.0322. The second kappa shape index (κ2) is 9.01. The summed E-state index contributed by atoms with van der Waals surface area (Å²) in [6.07, 6.45) is -0.518. The Hall–Kier alpha value is -3.39.